The molecule has 0 radical (unpaired) electrons. The average Bonchev–Trinajstić information content (AvgIpc) is 3.17. The molecule has 2 aromatic heterocycles. The van der Waals surface area contributed by atoms with Crippen LogP contribution >= 0.6 is 0 Å². The number of amides is 1. The summed E-state index contributed by atoms with van der Waals surface area (Å²) in [5.74, 6) is 0.116. The molecule has 0 fully saturated rings. The summed E-state index contributed by atoms with van der Waals surface area (Å²) in [5, 5.41) is 10.8. The summed E-state index contributed by atoms with van der Waals surface area (Å²) in [6.45, 7) is 2.78. The Bertz CT molecular complexity index is 1030. The van der Waals surface area contributed by atoms with Crippen molar-refractivity contribution < 1.29 is 22.7 Å². The van der Waals surface area contributed by atoms with Crippen LogP contribution in [0.4, 0.5) is 13.2 Å². The standard InChI is InChI=1S/C22H24F3N5O2/c1-14(2)16-6-4-15(5-7-16)10-20(31)27-21(19-12-30(3)29-28-19)18-9-8-17(11-26-18)32-13-22(23,24)25/h4-9,11-12,14,21H,10,13H2,1-3H3,(H,27,31)/t21-/m1/s1. The number of ether oxygens (including phenoxy) is 1. The van der Waals surface area contributed by atoms with E-state index in [-0.39, 0.29) is 18.1 Å². The molecule has 0 aliphatic heterocycles. The molecule has 0 aliphatic carbocycles. The van der Waals surface area contributed by atoms with E-state index in [1.807, 2.05) is 24.3 Å². The fraction of sp³-hybridized carbons (Fsp3) is 0.364. The topological polar surface area (TPSA) is 81.9 Å². The molecule has 0 bridgehead atoms. The summed E-state index contributed by atoms with van der Waals surface area (Å²) < 4.78 is 43.2. The molecule has 3 rings (SSSR count). The largest absolute Gasteiger partial charge is 0.483 e. The number of alkyl halides is 3. The zero-order valence-corrected chi connectivity index (χ0v) is 17.9. The van der Waals surface area contributed by atoms with Crippen LogP contribution in [0.2, 0.25) is 0 Å². The van der Waals surface area contributed by atoms with Gasteiger partial charge in [-0.25, -0.2) is 0 Å². The predicted octanol–water partition coefficient (Wildman–Crippen LogP) is 3.72. The van der Waals surface area contributed by atoms with Gasteiger partial charge in [0.15, 0.2) is 6.61 Å². The highest BCUT2D eigenvalue weighted by molar-refractivity contribution is 5.79. The van der Waals surface area contributed by atoms with Gasteiger partial charge in [-0.15, -0.1) is 5.10 Å². The maximum absolute atomic E-state index is 12.7. The number of hydrogen-bond acceptors (Lipinski definition) is 5. The van der Waals surface area contributed by atoms with E-state index in [1.165, 1.54) is 28.6 Å². The molecule has 1 aromatic carbocycles. The lowest BCUT2D eigenvalue weighted by Gasteiger charge is -2.17. The van der Waals surface area contributed by atoms with Crippen molar-refractivity contribution in [2.45, 2.75) is 38.4 Å². The van der Waals surface area contributed by atoms with E-state index in [0.29, 0.717) is 17.3 Å². The van der Waals surface area contributed by atoms with Crippen molar-refractivity contribution in [3.05, 3.63) is 71.3 Å². The number of hydrogen-bond donors (Lipinski definition) is 1. The minimum atomic E-state index is -4.44. The third-order valence-electron chi connectivity index (χ3n) is 4.69. The highest BCUT2D eigenvalue weighted by Crippen LogP contribution is 2.22. The quantitative estimate of drug-likeness (QED) is 0.569. The molecule has 3 aromatic rings. The average molecular weight is 447 g/mol. The van der Waals surface area contributed by atoms with E-state index in [0.717, 1.165) is 5.56 Å². The second kappa shape index (κ2) is 9.80. The summed E-state index contributed by atoms with van der Waals surface area (Å²) >= 11 is 0. The number of halogens is 3. The van der Waals surface area contributed by atoms with Crippen molar-refractivity contribution in [2.24, 2.45) is 7.05 Å². The van der Waals surface area contributed by atoms with E-state index < -0.39 is 18.8 Å². The summed E-state index contributed by atoms with van der Waals surface area (Å²) in [6, 6.07) is 9.96. The Morgan fingerprint density at radius 2 is 1.84 bits per heavy atom. The Labute approximate surface area is 183 Å². The van der Waals surface area contributed by atoms with Crippen LogP contribution in [0.3, 0.4) is 0 Å². The number of benzene rings is 1. The number of aryl methyl sites for hydroxylation is 1. The number of carbonyl (C=O) groups is 1. The first kappa shape index (κ1) is 23.2. The van der Waals surface area contributed by atoms with E-state index >= 15 is 0 Å². The van der Waals surface area contributed by atoms with Gasteiger partial charge >= 0.3 is 6.18 Å². The van der Waals surface area contributed by atoms with Gasteiger partial charge in [-0.05, 0) is 29.2 Å². The van der Waals surface area contributed by atoms with Crippen LogP contribution in [0.15, 0.2) is 48.8 Å². The van der Waals surface area contributed by atoms with E-state index in [1.54, 1.807) is 13.2 Å². The smallest absolute Gasteiger partial charge is 0.422 e. The van der Waals surface area contributed by atoms with Crippen LogP contribution in [0.25, 0.3) is 0 Å². The summed E-state index contributed by atoms with van der Waals surface area (Å²) in [5.41, 5.74) is 2.89. The van der Waals surface area contributed by atoms with Crippen LogP contribution in [0.1, 0.15) is 48.3 Å². The van der Waals surface area contributed by atoms with Crippen LogP contribution in [-0.2, 0) is 18.3 Å². The van der Waals surface area contributed by atoms with Crippen LogP contribution in [0, 0.1) is 0 Å². The van der Waals surface area contributed by atoms with Gasteiger partial charge in [0.25, 0.3) is 0 Å². The van der Waals surface area contributed by atoms with Gasteiger partial charge in [-0.3, -0.25) is 14.5 Å². The van der Waals surface area contributed by atoms with Gasteiger partial charge in [0.2, 0.25) is 5.91 Å². The molecular weight excluding hydrogens is 423 g/mol. The van der Waals surface area contributed by atoms with Gasteiger partial charge < -0.3 is 10.1 Å². The molecule has 1 N–H and O–H groups in total. The second-order valence-corrected chi connectivity index (χ2v) is 7.71. The Balaban J connectivity index is 1.74. The zero-order chi connectivity index (χ0) is 23.3. The van der Waals surface area contributed by atoms with E-state index in [2.05, 4.69) is 34.5 Å². The molecule has 0 spiro atoms. The van der Waals surface area contributed by atoms with Gasteiger partial charge in [0.1, 0.15) is 17.5 Å². The Morgan fingerprint density at radius 1 is 1.12 bits per heavy atom. The Hall–Kier alpha value is -3.43. The van der Waals surface area contributed by atoms with Crippen molar-refractivity contribution >= 4 is 5.91 Å². The van der Waals surface area contributed by atoms with Crippen molar-refractivity contribution in [1.29, 1.82) is 0 Å². The van der Waals surface area contributed by atoms with E-state index in [4.69, 9.17) is 4.74 Å². The number of carbonyl (C=O) groups excluding carboxylic acids is 1. The number of nitrogens with one attached hydrogen (secondary N) is 1. The van der Waals surface area contributed by atoms with Crippen LogP contribution < -0.4 is 10.1 Å². The molecule has 32 heavy (non-hydrogen) atoms. The van der Waals surface area contributed by atoms with E-state index in [9.17, 15) is 18.0 Å². The van der Waals surface area contributed by atoms with Crippen molar-refractivity contribution in [2.75, 3.05) is 6.61 Å². The lowest BCUT2D eigenvalue weighted by molar-refractivity contribution is -0.153. The molecule has 0 saturated carbocycles. The first-order valence-corrected chi connectivity index (χ1v) is 10.0. The second-order valence-electron chi connectivity index (χ2n) is 7.71. The summed E-state index contributed by atoms with van der Waals surface area (Å²) in [6.07, 6.45) is -1.47. The molecule has 10 heteroatoms. The molecular formula is C22H24F3N5O2. The lowest BCUT2D eigenvalue weighted by atomic mass is 10.0. The summed E-state index contributed by atoms with van der Waals surface area (Å²) in [4.78, 5) is 16.9. The minimum Gasteiger partial charge on any atom is -0.483 e. The molecule has 0 aliphatic rings. The molecule has 2 heterocycles. The number of nitrogens with zero attached hydrogens (tertiary/aromatic N) is 4. The fourth-order valence-electron chi connectivity index (χ4n) is 3.03. The highest BCUT2D eigenvalue weighted by Gasteiger charge is 2.28. The number of rotatable bonds is 8. The first-order valence-electron chi connectivity index (χ1n) is 10.0. The molecule has 0 saturated heterocycles. The summed E-state index contributed by atoms with van der Waals surface area (Å²) in [7, 11) is 1.69. The third-order valence-corrected chi connectivity index (χ3v) is 4.69. The first-order chi connectivity index (χ1) is 15.1. The third kappa shape index (κ3) is 6.53. The lowest BCUT2D eigenvalue weighted by Crippen LogP contribution is -2.31. The van der Waals surface area contributed by atoms with Crippen molar-refractivity contribution in [3.63, 3.8) is 0 Å². The van der Waals surface area contributed by atoms with Crippen molar-refractivity contribution in [3.8, 4) is 5.75 Å². The minimum absolute atomic E-state index is 0.0273. The van der Waals surface area contributed by atoms with Crippen LogP contribution in [-0.4, -0.2) is 38.7 Å². The van der Waals surface area contributed by atoms with Gasteiger partial charge in [-0.2, -0.15) is 13.2 Å². The fourth-order valence-corrected chi connectivity index (χ4v) is 3.03. The molecule has 0 unspecified atom stereocenters. The van der Waals surface area contributed by atoms with Gasteiger partial charge in [0.05, 0.1) is 24.5 Å². The number of pyridine rings is 1. The Morgan fingerprint density at radius 3 is 2.38 bits per heavy atom. The zero-order valence-electron chi connectivity index (χ0n) is 17.9. The molecule has 1 atom stereocenters. The monoisotopic (exact) mass is 447 g/mol. The SMILES string of the molecule is CC(C)c1ccc(CC(=O)N[C@H](c2ccc(OCC(F)(F)F)cn2)c2cn(C)nn2)cc1. The van der Waals surface area contributed by atoms with Crippen LogP contribution in [0.5, 0.6) is 5.75 Å². The normalized spacial score (nSPS) is 12.6. The Kier molecular flexibility index (Phi) is 7.12. The number of aromatic nitrogens is 4. The predicted molar refractivity (Wildman–Crippen MR) is 111 cm³/mol. The molecule has 7 nitrogen and oxygen atoms in total. The van der Waals surface area contributed by atoms with Crippen molar-refractivity contribution in [1.82, 2.24) is 25.3 Å². The molecule has 170 valence electrons. The molecule has 1 amide bonds. The highest BCUT2D eigenvalue weighted by atomic mass is 19.4. The van der Waals surface area contributed by atoms with Gasteiger partial charge in [0, 0.05) is 7.05 Å². The maximum Gasteiger partial charge on any atom is 0.422 e. The van der Waals surface area contributed by atoms with Gasteiger partial charge in [-0.1, -0.05) is 43.3 Å². The maximum atomic E-state index is 12.7.